The first-order valence-corrected chi connectivity index (χ1v) is 7.08. The summed E-state index contributed by atoms with van der Waals surface area (Å²) < 4.78 is 51.8. The van der Waals surface area contributed by atoms with Crippen molar-refractivity contribution in [2.45, 2.75) is 4.90 Å². The van der Waals surface area contributed by atoms with Gasteiger partial charge in [-0.25, -0.2) is 17.2 Å². The van der Waals surface area contributed by atoms with Gasteiger partial charge in [0.25, 0.3) is 0 Å². The lowest BCUT2D eigenvalue weighted by molar-refractivity contribution is 0.523. The van der Waals surface area contributed by atoms with Crippen LogP contribution in [-0.4, -0.2) is 24.5 Å². The number of nitrogens with two attached hydrogens (primary N) is 1. The van der Waals surface area contributed by atoms with Crippen LogP contribution in [0, 0.1) is 11.6 Å². The van der Waals surface area contributed by atoms with Gasteiger partial charge >= 0.3 is 0 Å². The van der Waals surface area contributed by atoms with Crippen LogP contribution in [0.3, 0.4) is 0 Å². The molecule has 0 unspecified atom stereocenters. The molecule has 0 saturated carbocycles. The molecule has 0 aliphatic carbocycles. The van der Waals surface area contributed by atoms with Crippen LogP contribution in [0.1, 0.15) is 0 Å². The summed E-state index contributed by atoms with van der Waals surface area (Å²) in [7, 11) is -2.47. The van der Waals surface area contributed by atoms with Gasteiger partial charge in [0.1, 0.15) is 16.5 Å². The van der Waals surface area contributed by atoms with E-state index in [0.29, 0.717) is 0 Å². The number of hydrogen-bond donors (Lipinski definition) is 1. The lowest BCUT2D eigenvalue weighted by Gasteiger charge is -2.08. The maximum absolute atomic E-state index is 14.2. The van der Waals surface area contributed by atoms with Gasteiger partial charge in [-0.3, -0.25) is 4.68 Å². The third-order valence-electron chi connectivity index (χ3n) is 2.69. The average molecular weight is 287 g/mol. The van der Waals surface area contributed by atoms with E-state index >= 15 is 0 Å². The van der Waals surface area contributed by atoms with Crippen molar-refractivity contribution in [3.63, 3.8) is 0 Å². The van der Waals surface area contributed by atoms with E-state index in [1.165, 1.54) is 10.9 Å². The molecule has 8 heteroatoms. The van der Waals surface area contributed by atoms with Gasteiger partial charge in [0, 0.05) is 24.4 Å². The first kappa shape index (κ1) is 13.5. The second-order valence-corrected chi connectivity index (χ2v) is 6.03. The minimum Gasteiger partial charge on any atom is -0.383 e. The second kappa shape index (κ2) is 4.30. The molecule has 2 N–H and O–H groups in total. The van der Waals surface area contributed by atoms with Crippen LogP contribution in [0.15, 0.2) is 23.2 Å². The fourth-order valence-corrected chi connectivity index (χ4v) is 2.59. The molecule has 2 rings (SSSR count). The zero-order valence-corrected chi connectivity index (χ0v) is 11.0. The zero-order chi connectivity index (χ0) is 14.4. The quantitative estimate of drug-likeness (QED) is 0.904. The summed E-state index contributed by atoms with van der Waals surface area (Å²) in [4.78, 5) is -0.965. The Labute approximate surface area is 108 Å². The molecule has 0 fully saturated rings. The molecule has 5 nitrogen and oxygen atoms in total. The Morgan fingerprint density at radius 1 is 1.26 bits per heavy atom. The van der Waals surface area contributed by atoms with Gasteiger partial charge in [0.05, 0.1) is 6.20 Å². The summed E-state index contributed by atoms with van der Waals surface area (Å²) >= 11 is 0. The second-order valence-electron chi connectivity index (χ2n) is 4.08. The van der Waals surface area contributed by atoms with Crippen molar-refractivity contribution >= 4 is 15.7 Å². The minimum absolute atomic E-state index is 0.104. The highest BCUT2D eigenvalue weighted by Crippen LogP contribution is 2.32. The van der Waals surface area contributed by atoms with Crippen molar-refractivity contribution in [3.05, 3.63) is 30.0 Å². The van der Waals surface area contributed by atoms with Gasteiger partial charge in [0.15, 0.2) is 15.7 Å². The molecular formula is C11H11F2N3O2S. The molecule has 1 heterocycles. The summed E-state index contributed by atoms with van der Waals surface area (Å²) in [5, 5.41) is 3.83. The molecule has 0 bridgehead atoms. The summed E-state index contributed by atoms with van der Waals surface area (Å²) in [6, 6.07) is 2.02. The predicted octanol–water partition coefficient (Wildman–Crippen LogP) is 1.35. The van der Waals surface area contributed by atoms with Gasteiger partial charge in [-0.05, 0) is 12.1 Å². The molecule has 2 aromatic rings. The van der Waals surface area contributed by atoms with E-state index in [-0.39, 0.29) is 16.9 Å². The van der Waals surface area contributed by atoms with Gasteiger partial charge in [-0.15, -0.1) is 0 Å². The molecule has 0 atom stereocenters. The van der Waals surface area contributed by atoms with Crippen molar-refractivity contribution in [1.29, 1.82) is 0 Å². The van der Waals surface area contributed by atoms with Gasteiger partial charge in [0.2, 0.25) is 0 Å². The van der Waals surface area contributed by atoms with Crippen LogP contribution in [0.25, 0.3) is 11.1 Å². The third kappa shape index (κ3) is 2.19. The minimum atomic E-state index is -4.02. The number of halogens is 2. The predicted molar refractivity (Wildman–Crippen MR) is 66.1 cm³/mol. The summed E-state index contributed by atoms with van der Waals surface area (Å²) in [5.41, 5.74) is 5.80. The van der Waals surface area contributed by atoms with Crippen LogP contribution in [0.2, 0.25) is 0 Å². The monoisotopic (exact) mass is 287 g/mol. The smallest absolute Gasteiger partial charge is 0.181 e. The molecule has 19 heavy (non-hydrogen) atoms. The van der Waals surface area contributed by atoms with E-state index < -0.39 is 26.4 Å². The number of nitrogens with zero attached hydrogens (tertiary/aromatic N) is 2. The Hall–Kier alpha value is -1.96. The number of sulfone groups is 1. The first-order chi connectivity index (χ1) is 8.73. The van der Waals surface area contributed by atoms with E-state index in [1.54, 1.807) is 7.05 Å². The number of benzene rings is 1. The highest BCUT2D eigenvalue weighted by Gasteiger charge is 2.24. The van der Waals surface area contributed by atoms with Crippen molar-refractivity contribution in [2.24, 2.45) is 7.05 Å². The molecule has 0 aliphatic rings. The van der Waals surface area contributed by atoms with Gasteiger partial charge in [-0.1, -0.05) is 0 Å². The number of rotatable bonds is 2. The molecule has 0 spiro atoms. The Bertz CT molecular complexity index is 754. The highest BCUT2D eigenvalue weighted by molar-refractivity contribution is 7.90. The Kier molecular flexibility index (Phi) is 3.05. The lowest BCUT2D eigenvalue weighted by atomic mass is 10.1. The topological polar surface area (TPSA) is 78.0 Å². The molecule has 1 aromatic carbocycles. The van der Waals surface area contributed by atoms with E-state index in [1.807, 2.05) is 0 Å². The molecule has 102 valence electrons. The molecule has 0 aliphatic heterocycles. The van der Waals surface area contributed by atoms with E-state index in [2.05, 4.69) is 5.10 Å². The Morgan fingerprint density at radius 3 is 2.37 bits per heavy atom. The van der Waals surface area contributed by atoms with E-state index in [0.717, 1.165) is 18.4 Å². The number of aryl methyl sites for hydroxylation is 1. The molecule has 0 saturated heterocycles. The van der Waals surface area contributed by atoms with Crippen LogP contribution in [0.5, 0.6) is 0 Å². The van der Waals surface area contributed by atoms with Crippen molar-refractivity contribution in [1.82, 2.24) is 9.78 Å². The molecular weight excluding hydrogens is 276 g/mol. The molecule has 1 aromatic heterocycles. The molecule has 0 radical (unpaired) electrons. The van der Waals surface area contributed by atoms with Gasteiger partial charge < -0.3 is 5.73 Å². The fourth-order valence-electron chi connectivity index (χ4n) is 1.73. The van der Waals surface area contributed by atoms with Crippen LogP contribution < -0.4 is 5.73 Å². The zero-order valence-electron chi connectivity index (χ0n) is 10.2. The number of hydrogen-bond acceptors (Lipinski definition) is 4. The summed E-state index contributed by atoms with van der Waals surface area (Å²) in [6.45, 7) is 0. The van der Waals surface area contributed by atoms with Gasteiger partial charge in [-0.2, -0.15) is 5.10 Å². The fraction of sp³-hybridized carbons (Fsp3) is 0.182. The summed E-state index contributed by atoms with van der Waals surface area (Å²) in [6.07, 6.45) is 2.03. The van der Waals surface area contributed by atoms with E-state index in [9.17, 15) is 17.2 Å². The van der Waals surface area contributed by atoms with Crippen LogP contribution in [0.4, 0.5) is 14.6 Å². The number of nitrogen functional groups attached to an aromatic ring is 1. The van der Waals surface area contributed by atoms with Crippen molar-refractivity contribution < 1.29 is 17.2 Å². The SMILES string of the molecule is Cn1ncc(-c2ccc(F)c(S(C)(=O)=O)c2F)c1N. The first-order valence-electron chi connectivity index (χ1n) is 5.19. The average Bonchev–Trinajstić information content (AvgIpc) is 2.59. The standard InChI is InChI=1S/C11H11F2N3O2S/c1-16-11(14)7(5-15-16)6-3-4-8(12)10(9(6)13)19(2,17)18/h3-5H,14H2,1-2H3. The molecule has 0 amide bonds. The summed E-state index contributed by atoms with van der Waals surface area (Å²) in [5.74, 6) is -2.14. The number of aromatic nitrogens is 2. The Morgan fingerprint density at radius 2 is 1.89 bits per heavy atom. The maximum Gasteiger partial charge on any atom is 0.181 e. The van der Waals surface area contributed by atoms with E-state index in [4.69, 9.17) is 5.73 Å². The largest absolute Gasteiger partial charge is 0.383 e. The lowest BCUT2D eigenvalue weighted by Crippen LogP contribution is -2.06. The van der Waals surface area contributed by atoms with Crippen molar-refractivity contribution in [3.8, 4) is 11.1 Å². The Balaban J connectivity index is 2.78. The van der Waals surface area contributed by atoms with Crippen molar-refractivity contribution in [2.75, 3.05) is 12.0 Å². The van der Waals surface area contributed by atoms with Crippen LogP contribution in [-0.2, 0) is 16.9 Å². The third-order valence-corrected chi connectivity index (χ3v) is 3.81. The number of anilines is 1. The van der Waals surface area contributed by atoms with Crippen LogP contribution >= 0.6 is 0 Å². The highest BCUT2D eigenvalue weighted by atomic mass is 32.2. The maximum atomic E-state index is 14.2. The normalized spacial score (nSPS) is 11.8.